The van der Waals surface area contributed by atoms with Crippen molar-refractivity contribution in [1.29, 1.82) is 0 Å². The van der Waals surface area contributed by atoms with E-state index in [1.54, 1.807) is 29.0 Å². The van der Waals surface area contributed by atoms with Crippen LogP contribution in [0.15, 0.2) is 53.6 Å². The number of hydrogen-bond acceptors (Lipinski definition) is 7. The van der Waals surface area contributed by atoms with Crippen molar-refractivity contribution in [3.63, 3.8) is 0 Å². The van der Waals surface area contributed by atoms with Crippen molar-refractivity contribution in [3.05, 3.63) is 54.4 Å². The molecule has 0 aliphatic heterocycles. The van der Waals surface area contributed by atoms with Gasteiger partial charge in [0, 0.05) is 29.7 Å². The van der Waals surface area contributed by atoms with E-state index in [2.05, 4.69) is 25.0 Å². The van der Waals surface area contributed by atoms with Crippen molar-refractivity contribution in [1.82, 2.24) is 29.5 Å². The molecular formula is C17H10ClN7O. The number of nitrogen functional groups attached to an aromatic ring is 1. The molecule has 26 heavy (non-hydrogen) atoms. The minimum absolute atomic E-state index is 0.261. The number of fused-ring (bicyclic) bond motifs is 2. The van der Waals surface area contributed by atoms with E-state index in [1.165, 1.54) is 6.33 Å². The van der Waals surface area contributed by atoms with Crippen molar-refractivity contribution in [2.24, 2.45) is 0 Å². The molecule has 9 heteroatoms. The van der Waals surface area contributed by atoms with Gasteiger partial charge < -0.3 is 10.2 Å². The molecule has 0 saturated heterocycles. The van der Waals surface area contributed by atoms with Gasteiger partial charge in [0.1, 0.15) is 23.1 Å². The van der Waals surface area contributed by atoms with Crippen LogP contribution in [0.25, 0.3) is 39.3 Å². The van der Waals surface area contributed by atoms with E-state index in [-0.39, 0.29) is 11.0 Å². The molecule has 126 valence electrons. The van der Waals surface area contributed by atoms with Crippen LogP contribution in [0.4, 0.5) is 5.82 Å². The summed E-state index contributed by atoms with van der Waals surface area (Å²) in [5.41, 5.74) is 10.0. The van der Waals surface area contributed by atoms with Gasteiger partial charge in [0.05, 0.1) is 0 Å². The molecule has 0 saturated carbocycles. The Hall–Kier alpha value is -3.52. The molecule has 5 aromatic heterocycles. The quantitative estimate of drug-likeness (QED) is 0.512. The van der Waals surface area contributed by atoms with E-state index in [4.69, 9.17) is 21.8 Å². The van der Waals surface area contributed by atoms with Crippen molar-refractivity contribution in [2.45, 2.75) is 0 Å². The van der Waals surface area contributed by atoms with Crippen LogP contribution in [0, 0.1) is 0 Å². The molecule has 8 nitrogen and oxygen atoms in total. The van der Waals surface area contributed by atoms with Crippen LogP contribution in [-0.2, 0) is 0 Å². The van der Waals surface area contributed by atoms with Crippen LogP contribution in [0.1, 0.15) is 0 Å². The molecule has 5 heterocycles. The van der Waals surface area contributed by atoms with Gasteiger partial charge in [0.15, 0.2) is 22.4 Å². The highest BCUT2D eigenvalue weighted by Crippen LogP contribution is 2.38. The van der Waals surface area contributed by atoms with Gasteiger partial charge in [0.2, 0.25) is 0 Å². The van der Waals surface area contributed by atoms with Crippen molar-refractivity contribution in [3.8, 4) is 22.6 Å². The van der Waals surface area contributed by atoms with E-state index in [1.807, 2.05) is 18.3 Å². The zero-order valence-corrected chi connectivity index (χ0v) is 13.9. The average Bonchev–Trinajstić information content (AvgIpc) is 3.30. The van der Waals surface area contributed by atoms with Gasteiger partial charge in [-0.2, -0.15) is 5.10 Å². The zero-order valence-electron chi connectivity index (χ0n) is 13.2. The second-order valence-corrected chi connectivity index (χ2v) is 5.93. The van der Waals surface area contributed by atoms with E-state index in [0.717, 1.165) is 16.8 Å². The van der Waals surface area contributed by atoms with Gasteiger partial charge in [-0.05, 0) is 35.9 Å². The minimum Gasteiger partial charge on any atom is -0.443 e. The molecule has 0 aliphatic rings. The number of hydrogen-bond donors (Lipinski definition) is 1. The number of halogens is 1. The molecule has 0 unspecified atom stereocenters. The largest absolute Gasteiger partial charge is 0.443 e. The Kier molecular flexibility index (Phi) is 3.13. The normalized spacial score (nSPS) is 11.4. The van der Waals surface area contributed by atoms with Gasteiger partial charge in [-0.3, -0.25) is 4.98 Å². The second kappa shape index (κ2) is 5.50. The molecule has 0 aliphatic carbocycles. The lowest BCUT2D eigenvalue weighted by atomic mass is 10.0. The van der Waals surface area contributed by atoms with Crippen molar-refractivity contribution < 1.29 is 4.42 Å². The fourth-order valence-corrected chi connectivity index (χ4v) is 3.05. The number of furan rings is 1. The Labute approximate surface area is 151 Å². The second-order valence-electron chi connectivity index (χ2n) is 5.56. The lowest BCUT2D eigenvalue weighted by Gasteiger charge is -2.12. The summed E-state index contributed by atoms with van der Waals surface area (Å²) in [4.78, 5) is 17.5. The summed E-state index contributed by atoms with van der Waals surface area (Å²) in [6.07, 6.45) is 6.52. The highest BCUT2D eigenvalue weighted by atomic mass is 35.5. The van der Waals surface area contributed by atoms with Crippen LogP contribution in [0.5, 0.6) is 0 Å². The summed E-state index contributed by atoms with van der Waals surface area (Å²) in [5, 5.41) is 4.45. The first-order valence-corrected chi connectivity index (χ1v) is 8.04. The Bertz CT molecular complexity index is 1280. The standard InChI is InChI=1S/C17H10ClN7O/c18-11-3-2-10(26-11)14-13(9-1-4-12-22-8-23-25(12)7-9)15-16(17(19)24-14)21-6-5-20-15/h1-8H,(H2,19,24). The molecule has 0 atom stereocenters. The maximum atomic E-state index is 6.11. The van der Waals surface area contributed by atoms with E-state index >= 15 is 0 Å². The predicted octanol–water partition coefficient (Wildman–Crippen LogP) is 3.23. The van der Waals surface area contributed by atoms with Crippen molar-refractivity contribution in [2.75, 3.05) is 5.73 Å². The first-order chi connectivity index (χ1) is 12.7. The molecule has 0 bridgehead atoms. The summed E-state index contributed by atoms with van der Waals surface area (Å²) >= 11 is 5.95. The number of aromatic nitrogens is 6. The fourth-order valence-electron chi connectivity index (χ4n) is 2.91. The molecule has 0 amide bonds. The van der Waals surface area contributed by atoms with E-state index < -0.39 is 0 Å². The topological polar surface area (TPSA) is 108 Å². The molecule has 0 radical (unpaired) electrons. The zero-order chi connectivity index (χ0) is 17.7. The Balaban J connectivity index is 1.90. The lowest BCUT2D eigenvalue weighted by Crippen LogP contribution is -2.01. The maximum Gasteiger partial charge on any atom is 0.194 e. The molecule has 2 N–H and O–H groups in total. The smallest absolute Gasteiger partial charge is 0.194 e. The first kappa shape index (κ1) is 14.8. The lowest BCUT2D eigenvalue weighted by molar-refractivity contribution is 0.582. The van der Waals surface area contributed by atoms with Crippen LogP contribution >= 0.6 is 11.6 Å². The molecule has 5 rings (SSSR count). The van der Waals surface area contributed by atoms with Crippen molar-refractivity contribution >= 4 is 34.1 Å². The van der Waals surface area contributed by atoms with Gasteiger partial charge in [0.25, 0.3) is 0 Å². The van der Waals surface area contributed by atoms with Gasteiger partial charge in [-0.25, -0.2) is 19.5 Å². The fraction of sp³-hybridized carbons (Fsp3) is 0. The Morgan fingerprint density at radius 3 is 2.65 bits per heavy atom. The summed E-state index contributed by atoms with van der Waals surface area (Å²) in [5.74, 6) is 0.754. The Morgan fingerprint density at radius 2 is 1.85 bits per heavy atom. The number of anilines is 1. The van der Waals surface area contributed by atoms with E-state index in [9.17, 15) is 0 Å². The minimum atomic E-state index is 0.261. The number of rotatable bonds is 2. The summed E-state index contributed by atoms with van der Waals surface area (Å²) in [6.45, 7) is 0. The number of nitrogens with two attached hydrogens (primary N) is 1. The Morgan fingerprint density at radius 1 is 1.00 bits per heavy atom. The maximum absolute atomic E-state index is 6.11. The summed E-state index contributed by atoms with van der Waals surface area (Å²) in [7, 11) is 0. The molecule has 5 aromatic rings. The number of nitrogens with zero attached hydrogens (tertiary/aromatic N) is 6. The molecule has 0 spiro atoms. The summed E-state index contributed by atoms with van der Waals surface area (Å²) in [6, 6.07) is 7.17. The van der Waals surface area contributed by atoms with Crippen LogP contribution in [0.2, 0.25) is 5.22 Å². The highest BCUT2D eigenvalue weighted by molar-refractivity contribution is 6.29. The third kappa shape index (κ3) is 2.20. The van der Waals surface area contributed by atoms with Crippen LogP contribution < -0.4 is 5.73 Å². The molecule has 0 fully saturated rings. The van der Waals surface area contributed by atoms with Crippen LogP contribution in [-0.4, -0.2) is 29.5 Å². The third-order valence-electron chi connectivity index (χ3n) is 4.02. The summed E-state index contributed by atoms with van der Waals surface area (Å²) < 4.78 is 7.25. The van der Waals surface area contributed by atoms with Crippen LogP contribution in [0.3, 0.4) is 0 Å². The first-order valence-electron chi connectivity index (χ1n) is 7.66. The molecular weight excluding hydrogens is 354 g/mol. The monoisotopic (exact) mass is 363 g/mol. The van der Waals surface area contributed by atoms with E-state index in [0.29, 0.717) is 22.5 Å². The van der Waals surface area contributed by atoms with Gasteiger partial charge in [-0.1, -0.05) is 0 Å². The average molecular weight is 364 g/mol. The predicted molar refractivity (Wildman–Crippen MR) is 96.4 cm³/mol. The highest BCUT2D eigenvalue weighted by Gasteiger charge is 2.20. The number of pyridine rings is 2. The molecule has 0 aromatic carbocycles. The van der Waals surface area contributed by atoms with Gasteiger partial charge in [-0.15, -0.1) is 0 Å². The third-order valence-corrected chi connectivity index (χ3v) is 4.22. The van der Waals surface area contributed by atoms with Gasteiger partial charge >= 0.3 is 0 Å². The SMILES string of the molecule is Nc1nc(-c2ccc(Cl)o2)c(-c2ccc3ncnn3c2)c2nccnc12.